The van der Waals surface area contributed by atoms with Crippen molar-refractivity contribution in [1.82, 2.24) is 0 Å². The van der Waals surface area contributed by atoms with Gasteiger partial charge in [0.25, 0.3) is 0 Å². The molecule has 4 nitrogen and oxygen atoms in total. The maximum Gasteiger partial charge on any atom is 0.343 e. The molecule has 0 saturated heterocycles. The van der Waals surface area contributed by atoms with Crippen LogP contribution in [0.4, 0.5) is 0 Å². The maximum atomic E-state index is 13.0. The van der Waals surface area contributed by atoms with Gasteiger partial charge in [0, 0.05) is 0 Å². The molecule has 268 valence electrons. The molecule has 0 spiro atoms. The summed E-state index contributed by atoms with van der Waals surface area (Å²) in [6.07, 6.45) is 28.7. The molecule has 3 aromatic rings. The molecule has 4 heteroatoms. The molecule has 0 radical (unpaired) electrons. The number of hydrogen-bond donors (Lipinski definition) is 0. The van der Waals surface area contributed by atoms with E-state index in [0.29, 0.717) is 11.3 Å². The quantitative estimate of drug-likeness (QED) is 0.0512. The van der Waals surface area contributed by atoms with Gasteiger partial charge in [0.1, 0.15) is 17.2 Å². The summed E-state index contributed by atoms with van der Waals surface area (Å²) >= 11 is 0. The van der Waals surface area contributed by atoms with Gasteiger partial charge in [0.2, 0.25) is 0 Å². The molecule has 1 atom stereocenters. The average molecular weight is 669 g/mol. The van der Waals surface area contributed by atoms with Crippen LogP contribution < -0.4 is 14.2 Å². The van der Waals surface area contributed by atoms with Crippen molar-refractivity contribution in [1.29, 1.82) is 0 Å². The molecule has 0 bridgehead atoms. The summed E-state index contributed by atoms with van der Waals surface area (Å²) in [6, 6.07) is 21.7. The zero-order chi connectivity index (χ0) is 34.4. The van der Waals surface area contributed by atoms with Gasteiger partial charge in [-0.3, -0.25) is 0 Å². The molecule has 0 aromatic heterocycles. The zero-order valence-corrected chi connectivity index (χ0v) is 30.8. The van der Waals surface area contributed by atoms with Crippen LogP contribution in [0.2, 0.25) is 0 Å². The monoisotopic (exact) mass is 668 g/mol. The summed E-state index contributed by atoms with van der Waals surface area (Å²) in [5.74, 6) is 2.04. The van der Waals surface area contributed by atoms with E-state index in [4.69, 9.17) is 14.2 Å². The van der Waals surface area contributed by atoms with E-state index in [2.05, 4.69) is 26.0 Å². The molecule has 0 amide bonds. The minimum atomic E-state index is -0.337. The number of benzene rings is 3. The van der Waals surface area contributed by atoms with Crippen LogP contribution in [-0.2, 0) is 6.42 Å². The fourth-order valence-electron chi connectivity index (χ4n) is 6.86. The van der Waals surface area contributed by atoms with Crippen molar-refractivity contribution < 1.29 is 19.0 Å². The Labute approximate surface area is 298 Å². The van der Waals surface area contributed by atoms with E-state index >= 15 is 0 Å². The van der Waals surface area contributed by atoms with Gasteiger partial charge in [-0.15, -0.1) is 0 Å². The number of rotatable bonds is 25. The SMILES string of the molecule is CCCCCCCCCCCCOc1ccc(-c2ccc(OC(=O)c3ccc4c(c3)CCC(CCCCCCCCCCC)O4)cc2)cc1. The van der Waals surface area contributed by atoms with Crippen molar-refractivity contribution in [2.45, 2.75) is 161 Å². The van der Waals surface area contributed by atoms with Crippen LogP contribution in [0, 0.1) is 0 Å². The molecule has 1 aliphatic rings. The first kappa shape index (κ1) is 38.5. The minimum absolute atomic E-state index is 0.284. The first-order valence-electron chi connectivity index (χ1n) is 20.0. The highest BCUT2D eigenvalue weighted by molar-refractivity contribution is 5.91. The third-order valence-corrected chi connectivity index (χ3v) is 9.97. The highest BCUT2D eigenvalue weighted by atomic mass is 16.5. The first-order chi connectivity index (χ1) is 24.2. The molecule has 1 unspecified atom stereocenters. The normalized spacial score (nSPS) is 13.9. The molecule has 0 aliphatic carbocycles. The Balaban J connectivity index is 1.12. The van der Waals surface area contributed by atoms with Crippen LogP contribution >= 0.6 is 0 Å². The maximum absolute atomic E-state index is 13.0. The summed E-state index contributed by atoms with van der Waals surface area (Å²) in [7, 11) is 0. The fraction of sp³-hybridized carbons (Fsp3) is 0.578. The van der Waals surface area contributed by atoms with E-state index in [0.717, 1.165) is 60.5 Å². The van der Waals surface area contributed by atoms with E-state index in [1.807, 2.05) is 54.6 Å². The average Bonchev–Trinajstić information content (AvgIpc) is 3.13. The molecule has 0 fully saturated rings. The van der Waals surface area contributed by atoms with E-state index < -0.39 is 0 Å². The smallest absolute Gasteiger partial charge is 0.343 e. The van der Waals surface area contributed by atoms with Crippen LogP contribution in [0.25, 0.3) is 11.1 Å². The number of carbonyl (C=O) groups excluding carboxylic acids is 1. The van der Waals surface area contributed by atoms with Crippen LogP contribution in [0.3, 0.4) is 0 Å². The van der Waals surface area contributed by atoms with Crippen molar-refractivity contribution in [2.24, 2.45) is 0 Å². The van der Waals surface area contributed by atoms with Crippen molar-refractivity contribution in [3.05, 3.63) is 77.9 Å². The summed E-state index contributed by atoms with van der Waals surface area (Å²) in [6.45, 7) is 5.32. The molecular weight excluding hydrogens is 604 g/mol. The Morgan fingerprint density at radius 1 is 0.612 bits per heavy atom. The molecular formula is C45H64O4. The van der Waals surface area contributed by atoms with Crippen LogP contribution in [0.1, 0.15) is 165 Å². The summed E-state index contributed by atoms with van der Waals surface area (Å²) in [4.78, 5) is 13.0. The number of hydrogen-bond acceptors (Lipinski definition) is 4. The van der Waals surface area contributed by atoms with Crippen LogP contribution in [0.15, 0.2) is 66.7 Å². The number of fused-ring (bicyclic) bond motifs is 1. The zero-order valence-electron chi connectivity index (χ0n) is 30.8. The topological polar surface area (TPSA) is 44.8 Å². The summed E-state index contributed by atoms with van der Waals surface area (Å²) < 4.78 is 18.0. The Bertz CT molecular complexity index is 1310. The van der Waals surface area contributed by atoms with Gasteiger partial charge >= 0.3 is 5.97 Å². The first-order valence-corrected chi connectivity index (χ1v) is 20.0. The number of unbranched alkanes of at least 4 members (excludes halogenated alkanes) is 17. The fourth-order valence-corrected chi connectivity index (χ4v) is 6.86. The number of ether oxygens (including phenoxy) is 3. The second-order valence-corrected chi connectivity index (χ2v) is 14.2. The Morgan fingerprint density at radius 2 is 1.12 bits per heavy atom. The molecule has 1 heterocycles. The molecule has 4 rings (SSSR count). The van der Waals surface area contributed by atoms with Crippen molar-refractivity contribution in [3.63, 3.8) is 0 Å². The van der Waals surface area contributed by atoms with Gasteiger partial charge in [-0.2, -0.15) is 0 Å². The summed E-state index contributed by atoms with van der Waals surface area (Å²) in [5.41, 5.74) is 3.85. The van der Waals surface area contributed by atoms with Gasteiger partial charge in [-0.05, 0) is 91.3 Å². The summed E-state index contributed by atoms with van der Waals surface area (Å²) in [5, 5.41) is 0. The van der Waals surface area contributed by atoms with Crippen LogP contribution in [0.5, 0.6) is 17.2 Å². The van der Waals surface area contributed by atoms with Gasteiger partial charge < -0.3 is 14.2 Å². The Kier molecular flexibility index (Phi) is 18.2. The van der Waals surface area contributed by atoms with Gasteiger partial charge in [0.05, 0.1) is 18.3 Å². The molecule has 0 saturated carbocycles. The predicted molar refractivity (Wildman–Crippen MR) is 205 cm³/mol. The van der Waals surface area contributed by atoms with Crippen LogP contribution in [-0.4, -0.2) is 18.7 Å². The number of esters is 1. The van der Waals surface area contributed by atoms with Gasteiger partial charge in [-0.1, -0.05) is 147 Å². The van der Waals surface area contributed by atoms with E-state index in [9.17, 15) is 4.79 Å². The van der Waals surface area contributed by atoms with E-state index in [1.165, 1.54) is 116 Å². The number of carbonyl (C=O) groups is 1. The lowest BCUT2D eigenvalue weighted by Gasteiger charge is -2.26. The van der Waals surface area contributed by atoms with Crippen molar-refractivity contribution >= 4 is 5.97 Å². The standard InChI is InChI=1S/C45H64O4/c1-3-5-7-9-11-13-15-17-19-21-35-47-41-29-23-37(24-30-41)38-25-31-43(32-26-38)49-45(46)40-28-34-44-39(36-40)27-33-42(48-44)22-20-18-16-14-12-10-8-6-4-2/h23-26,28-32,34,36,42H,3-22,27,33,35H2,1-2H3. The number of aryl methyl sites for hydroxylation is 1. The van der Waals surface area contributed by atoms with E-state index in [-0.39, 0.29) is 12.1 Å². The highest BCUT2D eigenvalue weighted by Crippen LogP contribution is 2.31. The minimum Gasteiger partial charge on any atom is -0.494 e. The van der Waals surface area contributed by atoms with Gasteiger partial charge in [-0.25, -0.2) is 4.79 Å². The van der Waals surface area contributed by atoms with Crippen molar-refractivity contribution in [2.75, 3.05) is 6.61 Å². The molecule has 1 aliphatic heterocycles. The lowest BCUT2D eigenvalue weighted by molar-refractivity contribution is 0.0734. The third-order valence-electron chi connectivity index (χ3n) is 9.97. The molecule has 49 heavy (non-hydrogen) atoms. The largest absolute Gasteiger partial charge is 0.494 e. The molecule has 3 aromatic carbocycles. The van der Waals surface area contributed by atoms with Gasteiger partial charge in [0.15, 0.2) is 0 Å². The lowest BCUT2D eigenvalue weighted by Crippen LogP contribution is -2.23. The van der Waals surface area contributed by atoms with E-state index in [1.54, 1.807) is 0 Å². The highest BCUT2D eigenvalue weighted by Gasteiger charge is 2.21. The second-order valence-electron chi connectivity index (χ2n) is 14.2. The third kappa shape index (κ3) is 14.6. The second kappa shape index (κ2) is 23.2. The van der Waals surface area contributed by atoms with Crippen molar-refractivity contribution in [3.8, 4) is 28.4 Å². The molecule has 0 N–H and O–H groups in total. The Hall–Kier alpha value is -3.27. The Morgan fingerprint density at radius 3 is 1.69 bits per heavy atom. The predicted octanol–water partition coefficient (Wildman–Crippen LogP) is 13.5. The lowest BCUT2D eigenvalue weighted by atomic mass is 9.97.